The minimum Gasteiger partial charge on any atom is -0.457 e. The number of amides is 1. The Bertz CT molecular complexity index is 594. The monoisotopic (exact) mass is 254 g/mol. The van der Waals surface area contributed by atoms with Crippen molar-refractivity contribution in [3.05, 3.63) is 60.9 Å². The summed E-state index contributed by atoms with van der Waals surface area (Å²) in [4.78, 5) is 15.2. The summed E-state index contributed by atoms with van der Waals surface area (Å²) < 4.78 is 5.67. The van der Waals surface area contributed by atoms with Gasteiger partial charge in [-0.25, -0.2) is 0 Å². The second kappa shape index (κ2) is 5.82. The third-order valence-electron chi connectivity index (χ3n) is 2.53. The van der Waals surface area contributed by atoms with Crippen LogP contribution < -0.4 is 10.1 Å². The van der Waals surface area contributed by atoms with Crippen molar-refractivity contribution >= 4 is 11.6 Å². The molecule has 0 fully saturated rings. The summed E-state index contributed by atoms with van der Waals surface area (Å²) in [7, 11) is 0. The predicted octanol–water partition coefficient (Wildman–Crippen LogP) is 3.31. The summed E-state index contributed by atoms with van der Waals surface area (Å²) in [5, 5.41) is 2.73. The van der Waals surface area contributed by atoms with Gasteiger partial charge in [0.05, 0.1) is 0 Å². The van der Waals surface area contributed by atoms with Gasteiger partial charge in [-0.1, -0.05) is 6.58 Å². The number of hydrogen-bond acceptors (Lipinski definition) is 3. The first-order valence-electron chi connectivity index (χ1n) is 5.81. The maximum atomic E-state index is 11.2. The molecule has 19 heavy (non-hydrogen) atoms. The molecule has 1 aromatic carbocycles. The number of hydrogen-bond donors (Lipinski definition) is 1. The number of pyridine rings is 1. The predicted molar refractivity (Wildman–Crippen MR) is 74.3 cm³/mol. The highest BCUT2D eigenvalue weighted by atomic mass is 16.5. The maximum Gasteiger partial charge on any atom is 0.247 e. The fourth-order valence-corrected chi connectivity index (χ4v) is 1.57. The molecular weight excluding hydrogens is 240 g/mol. The number of carbonyl (C=O) groups is 1. The summed E-state index contributed by atoms with van der Waals surface area (Å²) in [5.74, 6) is 1.20. The highest BCUT2D eigenvalue weighted by molar-refractivity contribution is 5.99. The van der Waals surface area contributed by atoms with Crippen molar-refractivity contribution in [2.45, 2.75) is 6.92 Å². The van der Waals surface area contributed by atoms with Crippen molar-refractivity contribution in [3.63, 3.8) is 0 Å². The van der Waals surface area contributed by atoms with E-state index in [2.05, 4.69) is 16.9 Å². The SMILES string of the molecule is C=CC(=O)Nc1ccc(Oc2ccncc2)cc1C. The number of benzene rings is 1. The Morgan fingerprint density at radius 2 is 2.00 bits per heavy atom. The van der Waals surface area contributed by atoms with Crippen LogP contribution in [0.1, 0.15) is 5.56 Å². The number of rotatable bonds is 4. The van der Waals surface area contributed by atoms with Crippen LogP contribution in [-0.2, 0) is 4.79 Å². The van der Waals surface area contributed by atoms with Gasteiger partial charge in [0, 0.05) is 18.1 Å². The second-order valence-electron chi connectivity index (χ2n) is 3.96. The topological polar surface area (TPSA) is 51.2 Å². The first-order chi connectivity index (χ1) is 9.19. The molecule has 0 aliphatic carbocycles. The minimum absolute atomic E-state index is 0.231. The number of ether oxygens (including phenoxy) is 1. The third-order valence-corrected chi connectivity index (χ3v) is 2.53. The molecule has 1 amide bonds. The van der Waals surface area contributed by atoms with Gasteiger partial charge in [0.25, 0.3) is 0 Å². The van der Waals surface area contributed by atoms with Crippen LogP contribution in [0, 0.1) is 6.92 Å². The van der Waals surface area contributed by atoms with Crippen LogP contribution >= 0.6 is 0 Å². The normalized spacial score (nSPS) is 9.74. The smallest absolute Gasteiger partial charge is 0.247 e. The molecule has 0 unspecified atom stereocenters. The molecule has 0 aliphatic rings. The van der Waals surface area contributed by atoms with Gasteiger partial charge in [-0.05, 0) is 48.9 Å². The molecule has 2 rings (SSSR count). The Balaban J connectivity index is 2.15. The van der Waals surface area contributed by atoms with Crippen molar-refractivity contribution in [2.75, 3.05) is 5.32 Å². The highest BCUT2D eigenvalue weighted by Gasteiger charge is 2.04. The van der Waals surface area contributed by atoms with Crippen molar-refractivity contribution in [1.29, 1.82) is 0 Å². The van der Waals surface area contributed by atoms with Crippen molar-refractivity contribution in [2.24, 2.45) is 0 Å². The lowest BCUT2D eigenvalue weighted by Gasteiger charge is -2.10. The first kappa shape index (κ1) is 12.8. The number of anilines is 1. The molecule has 0 atom stereocenters. The van der Waals surface area contributed by atoms with Gasteiger partial charge in [-0.15, -0.1) is 0 Å². The molecule has 4 heteroatoms. The Kier molecular flexibility index (Phi) is 3.93. The van der Waals surface area contributed by atoms with Gasteiger partial charge in [0.15, 0.2) is 0 Å². The molecule has 0 spiro atoms. The van der Waals surface area contributed by atoms with E-state index < -0.39 is 0 Å². The average Bonchev–Trinajstić information content (AvgIpc) is 2.43. The molecule has 1 heterocycles. The fourth-order valence-electron chi connectivity index (χ4n) is 1.57. The van der Waals surface area contributed by atoms with E-state index >= 15 is 0 Å². The zero-order valence-electron chi connectivity index (χ0n) is 10.6. The number of aryl methyl sites for hydroxylation is 1. The summed E-state index contributed by atoms with van der Waals surface area (Å²) in [5.41, 5.74) is 1.66. The van der Waals surface area contributed by atoms with Crippen LogP contribution in [0.5, 0.6) is 11.5 Å². The van der Waals surface area contributed by atoms with E-state index in [1.807, 2.05) is 13.0 Å². The van der Waals surface area contributed by atoms with E-state index in [-0.39, 0.29) is 5.91 Å². The van der Waals surface area contributed by atoms with Gasteiger partial charge in [0.2, 0.25) is 5.91 Å². The molecule has 0 saturated carbocycles. The third kappa shape index (κ3) is 3.42. The van der Waals surface area contributed by atoms with E-state index in [0.29, 0.717) is 5.75 Å². The number of nitrogens with zero attached hydrogens (tertiary/aromatic N) is 1. The van der Waals surface area contributed by atoms with Crippen molar-refractivity contribution in [3.8, 4) is 11.5 Å². The van der Waals surface area contributed by atoms with Crippen LogP contribution in [0.25, 0.3) is 0 Å². The number of carbonyl (C=O) groups excluding carboxylic acids is 1. The standard InChI is InChI=1S/C15H14N2O2/c1-3-15(18)17-14-5-4-13(10-11(14)2)19-12-6-8-16-9-7-12/h3-10H,1H2,2H3,(H,17,18). The Morgan fingerprint density at radius 3 is 2.63 bits per heavy atom. The molecule has 4 nitrogen and oxygen atoms in total. The van der Waals surface area contributed by atoms with Crippen LogP contribution in [0.15, 0.2) is 55.4 Å². The summed E-state index contributed by atoms with van der Waals surface area (Å²) in [6.07, 6.45) is 4.57. The zero-order valence-corrected chi connectivity index (χ0v) is 10.6. The first-order valence-corrected chi connectivity index (χ1v) is 5.81. The quantitative estimate of drug-likeness (QED) is 0.851. The average molecular weight is 254 g/mol. The molecule has 2 aromatic rings. The fraction of sp³-hybridized carbons (Fsp3) is 0.0667. The Labute approximate surface area is 111 Å². The van der Waals surface area contributed by atoms with Crippen LogP contribution in [0.2, 0.25) is 0 Å². The van der Waals surface area contributed by atoms with E-state index in [4.69, 9.17) is 4.74 Å². The molecule has 0 saturated heterocycles. The van der Waals surface area contributed by atoms with Crippen molar-refractivity contribution < 1.29 is 9.53 Å². The van der Waals surface area contributed by atoms with Gasteiger partial charge in [-0.2, -0.15) is 0 Å². The Hall–Kier alpha value is -2.62. The van der Waals surface area contributed by atoms with Crippen LogP contribution in [0.4, 0.5) is 5.69 Å². The zero-order chi connectivity index (χ0) is 13.7. The molecule has 0 radical (unpaired) electrons. The van der Waals surface area contributed by atoms with Crippen LogP contribution in [-0.4, -0.2) is 10.9 Å². The van der Waals surface area contributed by atoms with Gasteiger partial charge < -0.3 is 10.1 Å². The van der Waals surface area contributed by atoms with Crippen molar-refractivity contribution in [1.82, 2.24) is 4.98 Å². The van der Waals surface area contributed by atoms with Gasteiger partial charge in [0.1, 0.15) is 11.5 Å². The Morgan fingerprint density at radius 1 is 1.26 bits per heavy atom. The molecule has 1 N–H and O–H groups in total. The van der Waals surface area contributed by atoms with E-state index in [9.17, 15) is 4.79 Å². The van der Waals surface area contributed by atoms with E-state index in [0.717, 1.165) is 17.0 Å². The lowest BCUT2D eigenvalue weighted by Crippen LogP contribution is -2.08. The summed E-state index contributed by atoms with van der Waals surface area (Å²) in [6.45, 7) is 5.32. The number of aromatic nitrogens is 1. The second-order valence-corrected chi connectivity index (χ2v) is 3.96. The highest BCUT2D eigenvalue weighted by Crippen LogP contribution is 2.25. The lowest BCUT2D eigenvalue weighted by atomic mass is 10.2. The minimum atomic E-state index is -0.231. The summed E-state index contributed by atoms with van der Waals surface area (Å²) in [6, 6.07) is 9.02. The van der Waals surface area contributed by atoms with Crippen LogP contribution in [0.3, 0.4) is 0 Å². The molecular formula is C15H14N2O2. The number of nitrogens with one attached hydrogen (secondary N) is 1. The van der Waals surface area contributed by atoms with E-state index in [1.165, 1.54) is 6.08 Å². The molecule has 96 valence electrons. The molecule has 1 aromatic heterocycles. The molecule has 0 aliphatic heterocycles. The maximum absolute atomic E-state index is 11.2. The largest absolute Gasteiger partial charge is 0.457 e. The molecule has 0 bridgehead atoms. The van der Waals surface area contributed by atoms with Gasteiger partial charge >= 0.3 is 0 Å². The van der Waals surface area contributed by atoms with Gasteiger partial charge in [-0.3, -0.25) is 9.78 Å². The lowest BCUT2D eigenvalue weighted by molar-refractivity contribution is -0.111. The van der Waals surface area contributed by atoms with E-state index in [1.54, 1.807) is 36.7 Å². The summed E-state index contributed by atoms with van der Waals surface area (Å²) >= 11 is 0.